The first kappa shape index (κ1) is 14.5. The molecule has 0 aromatic carbocycles. The molecule has 1 aromatic rings. The molecule has 2 heterocycles. The normalized spacial score (nSPS) is 22.1. The minimum Gasteiger partial charge on any atom is -0.355 e. The quantitative estimate of drug-likeness (QED) is 0.862. The highest BCUT2D eigenvalue weighted by Gasteiger charge is 2.28. The number of nitrogens with two attached hydrogens (primary N) is 1. The molecular weight excluding hydrogens is 258 g/mol. The first-order valence-electron chi connectivity index (χ1n) is 6.97. The van der Waals surface area contributed by atoms with Gasteiger partial charge in [0, 0.05) is 30.6 Å². The van der Waals surface area contributed by atoms with Crippen LogP contribution in [0.15, 0.2) is 17.5 Å². The van der Waals surface area contributed by atoms with Crippen molar-refractivity contribution in [3.05, 3.63) is 22.4 Å². The second-order valence-corrected chi connectivity index (χ2v) is 6.08. The Labute approximate surface area is 119 Å². The summed E-state index contributed by atoms with van der Waals surface area (Å²) in [7, 11) is 0. The minimum atomic E-state index is 0.114. The van der Waals surface area contributed by atoms with Crippen LogP contribution < -0.4 is 11.1 Å². The Hall–Kier alpha value is -0.910. The zero-order valence-corrected chi connectivity index (χ0v) is 12.3. The van der Waals surface area contributed by atoms with Crippen molar-refractivity contribution in [1.82, 2.24) is 10.2 Å². The van der Waals surface area contributed by atoms with Gasteiger partial charge < -0.3 is 11.1 Å². The highest BCUT2D eigenvalue weighted by atomic mass is 32.1. The van der Waals surface area contributed by atoms with Crippen molar-refractivity contribution >= 4 is 17.2 Å². The number of hydrogen-bond donors (Lipinski definition) is 2. The third-order valence-electron chi connectivity index (χ3n) is 3.77. The summed E-state index contributed by atoms with van der Waals surface area (Å²) in [5, 5.41) is 5.02. The second kappa shape index (κ2) is 7.03. The lowest BCUT2D eigenvalue weighted by Crippen LogP contribution is -2.44. The molecule has 1 amide bonds. The highest BCUT2D eigenvalue weighted by molar-refractivity contribution is 7.10. The number of nitrogens with one attached hydrogen (secondary N) is 1. The van der Waals surface area contributed by atoms with E-state index in [0.29, 0.717) is 19.1 Å². The standard InChI is InChI=1S/C14H23N3OS/c1-11(13-5-3-9-19-13)17-8-2-4-12(10-17)14(18)16-7-6-15/h3,5,9,11-12H,2,4,6-8,10,15H2,1H3,(H,16,18). The Morgan fingerprint density at radius 1 is 1.68 bits per heavy atom. The molecule has 0 bridgehead atoms. The molecule has 2 rings (SSSR count). The van der Waals surface area contributed by atoms with E-state index in [9.17, 15) is 4.79 Å². The average Bonchev–Trinajstić information content (AvgIpc) is 2.98. The maximum absolute atomic E-state index is 12.0. The molecule has 2 unspecified atom stereocenters. The first-order valence-corrected chi connectivity index (χ1v) is 7.85. The smallest absolute Gasteiger partial charge is 0.224 e. The fourth-order valence-corrected chi connectivity index (χ4v) is 3.44. The summed E-state index contributed by atoms with van der Waals surface area (Å²) in [5.74, 6) is 0.274. The van der Waals surface area contributed by atoms with Gasteiger partial charge in [-0.1, -0.05) is 6.07 Å². The van der Waals surface area contributed by atoms with Gasteiger partial charge in [0.25, 0.3) is 0 Å². The minimum absolute atomic E-state index is 0.114. The van der Waals surface area contributed by atoms with Crippen LogP contribution >= 0.6 is 11.3 Å². The first-order chi connectivity index (χ1) is 9.22. The van der Waals surface area contributed by atoms with Crippen LogP contribution in [0, 0.1) is 5.92 Å². The molecule has 0 saturated carbocycles. The number of rotatable bonds is 5. The third kappa shape index (κ3) is 3.78. The van der Waals surface area contributed by atoms with Crippen LogP contribution in [0.5, 0.6) is 0 Å². The van der Waals surface area contributed by atoms with E-state index in [4.69, 9.17) is 5.73 Å². The number of carbonyl (C=O) groups excluding carboxylic acids is 1. The van der Waals surface area contributed by atoms with E-state index in [0.717, 1.165) is 25.9 Å². The van der Waals surface area contributed by atoms with Crippen LogP contribution in [0.1, 0.15) is 30.7 Å². The molecule has 3 N–H and O–H groups in total. The number of amides is 1. The Kier molecular flexibility index (Phi) is 5.36. The van der Waals surface area contributed by atoms with Crippen LogP contribution in [-0.2, 0) is 4.79 Å². The van der Waals surface area contributed by atoms with Gasteiger partial charge in [-0.15, -0.1) is 11.3 Å². The van der Waals surface area contributed by atoms with Crippen LogP contribution in [0.25, 0.3) is 0 Å². The molecule has 2 atom stereocenters. The van der Waals surface area contributed by atoms with Crippen molar-refractivity contribution in [2.75, 3.05) is 26.2 Å². The molecule has 1 fully saturated rings. The van der Waals surface area contributed by atoms with Crippen LogP contribution in [0.4, 0.5) is 0 Å². The van der Waals surface area contributed by atoms with Gasteiger partial charge in [0.05, 0.1) is 5.92 Å². The molecule has 19 heavy (non-hydrogen) atoms. The largest absolute Gasteiger partial charge is 0.355 e. The van der Waals surface area contributed by atoms with Crippen LogP contribution in [-0.4, -0.2) is 37.0 Å². The van der Waals surface area contributed by atoms with E-state index in [-0.39, 0.29) is 11.8 Å². The molecule has 0 radical (unpaired) electrons. The third-order valence-corrected chi connectivity index (χ3v) is 4.81. The van der Waals surface area contributed by atoms with E-state index >= 15 is 0 Å². The van der Waals surface area contributed by atoms with E-state index in [2.05, 4.69) is 34.7 Å². The Morgan fingerprint density at radius 3 is 3.21 bits per heavy atom. The second-order valence-electron chi connectivity index (χ2n) is 5.11. The fraction of sp³-hybridized carbons (Fsp3) is 0.643. The summed E-state index contributed by atoms with van der Waals surface area (Å²) in [4.78, 5) is 15.8. The molecule has 1 aliphatic heterocycles. The van der Waals surface area contributed by atoms with Crippen LogP contribution in [0.2, 0.25) is 0 Å². The van der Waals surface area contributed by atoms with Gasteiger partial charge in [-0.3, -0.25) is 9.69 Å². The molecule has 1 aliphatic rings. The van der Waals surface area contributed by atoms with E-state index in [1.165, 1.54) is 4.88 Å². The molecular formula is C14H23N3OS. The summed E-state index contributed by atoms with van der Waals surface area (Å²) < 4.78 is 0. The summed E-state index contributed by atoms with van der Waals surface area (Å²) >= 11 is 1.79. The summed E-state index contributed by atoms with van der Waals surface area (Å²) in [6.45, 7) is 5.25. The maximum atomic E-state index is 12.0. The molecule has 1 saturated heterocycles. The molecule has 106 valence electrons. The average molecular weight is 281 g/mol. The predicted octanol–water partition coefficient (Wildman–Crippen LogP) is 1.60. The van der Waals surface area contributed by atoms with Gasteiger partial charge in [0.1, 0.15) is 0 Å². The number of carbonyl (C=O) groups is 1. The molecule has 5 heteroatoms. The van der Waals surface area contributed by atoms with Crippen molar-refractivity contribution in [3.8, 4) is 0 Å². The maximum Gasteiger partial charge on any atom is 0.224 e. The topological polar surface area (TPSA) is 58.4 Å². The number of piperidine rings is 1. The molecule has 1 aromatic heterocycles. The van der Waals surface area contributed by atoms with Crippen molar-refractivity contribution in [3.63, 3.8) is 0 Å². The molecule has 0 spiro atoms. The van der Waals surface area contributed by atoms with Gasteiger partial charge in [0.2, 0.25) is 5.91 Å². The van der Waals surface area contributed by atoms with Gasteiger partial charge in [-0.05, 0) is 37.8 Å². The van der Waals surface area contributed by atoms with Crippen LogP contribution in [0.3, 0.4) is 0 Å². The SMILES string of the molecule is CC(c1cccs1)N1CCCC(C(=O)NCCN)C1. The fourth-order valence-electron chi connectivity index (χ4n) is 2.62. The number of hydrogen-bond acceptors (Lipinski definition) is 4. The van der Waals surface area contributed by atoms with Gasteiger partial charge in [-0.25, -0.2) is 0 Å². The number of nitrogens with zero attached hydrogens (tertiary/aromatic N) is 1. The Bertz CT molecular complexity index is 393. The zero-order chi connectivity index (χ0) is 13.7. The van der Waals surface area contributed by atoms with Gasteiger partial charge >= 0.3 is 0 Å². The highest BCUT2D eigenvalue weighted by Crippen LogP contribution is 2.29. The van der Waals surface area contributed by atoms with Gasteiger partial charge in [-0.2, -0.15) is 0 Å². The molecule has 0 aliphatic carbocycles. The lowest BCUT2D eigenvalue weighted by atomic mass is 9.95. The van der Waals surface area contributed by atoms with Gasteiger partial charge in [0.15, 0.2) is 0 Å². The van der Waals surface area contributed by atoms with Crippen molar-refractivity contribution in [1.29, 1.82) is 0 Å². The van der Waals surface area contributed by atoms with E-state index < -0.39 is 0 Å². The zero-order valence-electron chi connectivity index (χ0n) is 11.5. The Balaban J connectivity index is 1.91. The van der Waals surface area contributed by atoms with Crippen molar-refractivity contribution in [2.45, 2.75) is 25.8 Å². The van der Waals surface area contributed by atoms with E-state index in [1.54, 1.807) is 11.3 Å². The number of thiophene rings is 1. The summed E-state index contributed by atoms with van der Waals surface area (Å²) in [6.07, 6.45) is 2.08. The molecule has 4 nitrogen and oxygen atoms in total. The van der Waals surface area contributed by atoms with Crippen molar-refractivity contribution < 1.29 is 4.79 Å². The Morgan fingerprint density at radius 2 is 2.53 bits per heavy atom. The predicted molar refractivity (Wildman–Crippen MR) is 79.1 cm³/mol. The number of likely N-dealkylation sites (tertiary alicyclic amines) is 1. The van der Waals surface area contributed by atoms with Crippen molar-refractivity contribution in [2.24, 2.45) is 11.7 Å². The lowest BCUT2D eigenvalue weighted by molar-refractivity contribution is -0.126. The van der Waals surface area contributed by atoms with E-state index in [1.807, 2.05) is 0 Å². The lowest BCUT2D eigenvalue weighted by Gasteiger charge is -2.35. The summed E-state index contributed by atoms with van der Waals surface area (Å²) in [6, 6.07) is 4.67. The summed E-state index contributed by atoms with van der Waals surface area (Å²) in [5.41, 5.74) is 5.42. The monoisotopic (exact) mass is 281 g/mol.